The van der Waals surface area contributed by atoms with E-state index >= 15 is 0 Å². The molecule has 1 saturated heterocycles. The van der Waals surface area contributed by atoms with Gasteiger partial charge in [-0.25, -0.2) is 13.8 Å². The van der Waals surface area contributed by atoms with Crippen LogP contribution in [0.3, 0.4) is 0 Å². The van der Waals surface area contributed by atoms with Gasteiger partial charge in [0.1, 0.15) is 11.3 Å². The van der Waals surface area contributed by atoms with Gasteiger partial charge in [-0.2, -0.15) is 0 Å². The number of likely N-dealkylation sites (tertiary alicyclic amines) is 1. The van der Waals surface area contributed by atoms with E-state index in [0.717, 1.165) is 25.8 Å². The molecule has 6 nitrogen and oxygen atoms in total. The number of halogens is 2. The molecule has 2 aliphatic rings. The molecule has 1 unspecified atom stereocenters. The number of carbonyl (C=O) groups is 1. The molecule has 0 aliphatic carbocycles. The van der Waals surface area contributed by atoms with Crippen LogP contribution in [0.25, 0.3) is 5.65 Å². The van der Waals surface area contributed by atoms with Gasteiger partial charge in [0.25, 0.3) is 12.3 Å². The van der Waals surface area contributed by atoms with E-state index in [1.165, 1.54) is 34.9 Å². The molecule has 4 heterocycles. The summed E-state index contributed by atoms with van der Waals surface area (Å²) in [7, 11) is 1.52. The highest BCUT2D eigenvalue weighted by Gasteiger charge is 2.38. The van der Waals surface area contributed by atoms with Crippen molar-refractivity contribution in [3.63, 3.8) is 0 Å². The molecule has 0 radical (unpaired) electrons. The fourth-order valence-electron chi connectivity index (χ4n) is 5.06. The number of benzene rings is 1. The maximum atomic E-state index is 13.4. The molecule has 2 aliphatic heterocycles. The number of imidazole rings is 1. The minimum atomic E-state index is -2.62. The highest BCUT2D eigenvalue weighted by molar-refractivity contribution is 5.93. The lowest BCUT2D eigenvalue weighted by molar-refractivity contribution is 0.0626. The normalized spacial score (nSPS) is 18.6. The molecular formula is C25H28F2N4O2. The molecule has 8 heteroatoms. The average Bonchev–Trinajstić information content (AvgIpc) is 3.27. The van der Waals surface area contributed by atoms with E-state index in [0.29, 0.717) is 24.3 Å². The van der Waals surface area contributed by atoms with Crippen LogP contribution >= 0.6 is 0 Å². The molecule has 0 bridgehead atoms. The number of hydrogen-bond acceptors (Lipinski definition) is 4. The first-order valence-corrected chi connectivity index (χ1v) is 11.3. The molecule has 1 amide bonds. The number of alkyl halides is 2. The summed E-state index contributed by atoms with van der Waals surface area (Å²) in [4.78, 5) is 19.6. The van der Waals surface area contributed by atoms with E-state index in [4.69, 9.17) is 4.74 Å². The molecule has 174 valence electrons. The Balaban J connectivity index is 1.36. The monoisotopic (exact) mass is 454 g/mol. The third kappa shape index (κ3) is 4.02. The van der Waals surface area contributed by atoms with Crippen LogP contribution in [0.5, 0.6) is 0 Å². The van der Waals surface area contributed by atoms with Gasteiger partial charge >= 0.3 is 0 Å². The van der Waals surface area contributed by atoms with E-state index in [9.17, 15) is 13.6 Å². The Bertz CT molecular complexity index is 1180. The van der Waals surface area contributed by atoms with Crippen LogP contribution in [0.2, 0.25) is 0 Å². The Morgan fingerprint density at radius 2 is 1.91 bits per heavy atom. The fraction of sp³-hybridized carbons (Fsp3) is 0.440. The number of nitrogens with zero attached hydrogens (tertiary/aromatic N) is 3. The van der Waals surface area contributed by atoms with Gasteiger partial charge in [-0.1, -0.05) is 24.3 Å². The maximum absolute atomic E-state index is 13.4. The van der Waals surface area contributed by atoms with E-state index < -0.39 is 12.5 Å². The minimum Gasteiger partial charge on any atom is -0.377 e. The van der Waals surface area contributed by atoms with Gasteiger partial charge in [0.2, 0.25) is 0 Å². The summed E-state index contributed by atoms with van der Waals surface area (Å²) in [6.07, 6.45) is 2.54. The molecule has 1 N–H and O–H groups in total. The van der Waals surface area contributed by atoms with Crippen LogP contribution in [0.4, 0.5) is 8.78 Å². The Morgan fingerprint density at radius 3 is 2.61 bits per heavy atom. The van der Waals surface area contributed by atoms with Crippen LogP contribution in [0.15, 0.2) is 42.7 Å². The Hall–Kier alpha value is -2.84. The second-order valence-electron chi connectivity index (χ2n) is 9.14. The number of hydrogen-bond donors (Lipinski definition) is 1. The summed E-state index contributed by atoms with van der Waals surface area (Å²) in [6, 6.07) is 9.91. The quantitative estimate of drug-likeness (QED) is 0.639. The molecule has 33 heavy (non-hydrogen) atoms. The summed E-state index contributed by atoms with van der Waals surface area (Å²) < 4.78 is 33.7. The van der Waals surface area contributed by atoms with Crippen LogP contribution in [-0.2, 0) is 17.7 Å². The third-order valence-electron chi connectivity index (χ3n) is 7.17. The summed E-state index contributed by atoms with van der Waals surface area (Å²) in [5.74, 6) is -0.167. The molecule has 3 aromatic rings. The first-order valence-electron chi connectivity index (χ1n) is 11.3. The van der Waals surface area contributed by atoms with Gasteiger partial charge in [-0.15, -0.1) is 0 Å². The highest BCUT2D eigenvalue weighted by atomic mass is 19.3. The number of pyridine rings is 1. The van der Waals surface area contributed by atoms with Crippen molar-refractivity contribution in [2.45, 2.75) is 50.8 Å². The van der Waals surface area contributed by atoms with Crippen molar-refractivity contribution >= 4 is 11.6 Å². The number of nitrogens with one attached hydrogen (secondary N) is 1. The first kappa shape index (κ1) is 22.0. The number of fused-ring (bicyclic) bond motifs is 2. The van der Waals surface area contributed by atoms with Crippen molar-refractivity contribution in [1.29, 1.82) is 0 Å². The second kappa shape index (κ2) is 8.50. The van der Waals surface area contributed by atoms with E-state index in [2.05, 4.69) is 34.6 Å². The Labute approximate surface area is 191 Å². The second-order valence-corrected chi connectivity index (χ2v) is 9.14. The Morgan fingerprint density at radius 1 is 1.18 bits per heavy atom. The van der Waals surface area contributed by atoms with Crippen LogP contribution in [0.1, 0.15) is 65.0 Å². The summed E-state index contributed by atoms with van der Waals surface area (Å²) in [6.45, 7) is 3.89. The molecule has 1 spiro atoms. The van der Waals surface area contributed by atoms with Gasteiger partial charge in [0.05, 0.1) is 6.10 Å². The SMILES string of the molecule is COC(C)c1cc(C(F)F)cn2cc(C(=O)N3CCC4(CC3)Cc3ccccc3CN4)nc12. The highest BCUT2D eigenvalue weighted by Crippen LogP contribution is 2.33. The summed E-state index contributed by atoms with van der Waals surface area (Å²) in [5.41, 5.74) is 3.89. The average molecular weight is 455 g/mol. The van der Waals surface area contributed by atoms with Crippen molar-refractivity contribution in [3.05, 3.63) is 70.7 Å². The van der Waals surface area contributed by atoms with E-state index in [-0.39, 0.29) is 22.7 Å². The van der Waals surface area contributed by atoms with Crippen LogP contribution < -0.4 is 5.32 Å². The fourth-order valence-corrected chi connectivity index (χ4v) is 5.06. The van der Waals surface area contributed by atoms with Crippen LogP contribution in [0, 0.1) is 0 Å². The van der Waals surface area contributed by atoms with Crippen molar-refractivity contribution in [2.24, 2.45) is 0 Å². The first-order chi connectivity index (χ1) is 15.9. The predicted molar refractivity (Wildman–Crippen MR) is 120 cm³/mol. The number of rotatable bonds is 4. The van der Waals surface area contributed by atoms with Gasteiger partial charge in [0, 0.05) is 55.8 Å². The standard InChI is InChI=1S/C25H28F2N4O2/c1-16(33-2)20-11-19(22(26)27)14-31-15-21(29-23(20)31)24(32)30-9-7-25(8-10-30)12-17-5-3-4-6-18(17)13-28-25/h3-6,11,14-16,22,28H,7-10,12-13H2,1-2H3. The summed E-state index contributed by atoms with van der Waals surface area (Å²) >= 11 is 0. The summed E-state index contributed by atoms with van der Waals surface area (Å²) in [5, 5.41) is 3.71. The van der Waals surface area contributed by atoms with E-state index in [1.54, 1.807) is 13.1 Å². The molecule has 1 atom stereocenters. The molecule has 1 fully saturated rings. The molecule has 2 aromatic heterocycles. The third-order valence-corrected chi connectivity index (χ3v) is 7.17. The minimum absolute atomic E-state index is 0.0112. The van der Waals surface area contributed by atoms with Gasteiger partial charge < -0.3 is 19.4 Å². The largest absolute Gasteiger partial charge is 0.377 e. The molecule has 0 saturated carbocycles. The smallest absolute Gasteiger partial charge is 0.274 e. The zero-order chi connectivity index (χ0) is 23.2. The topological polar surface area (TPSA) is 58.9 Å². The van der Waals surface area contributed by atoms with E-state index in [1.807, 2.05) is 4.90 Å². The Kier molecular flexibility index (Phi) is 5.66. The molecule has 5 rings (SSSR count). The van der Waals surface area contributed by atoms with Crippen LogP contribution in [-0.4, -0.2) is 45.9 Å². The predicted octanol–water partition coefficient (Wildman–Crippen LogP) is 4.30. The number of carbonyl (C=O) groups excluding carboxylic acids is 1. The lowest BCUT2D eigenvalue weighted by Gasteiger charge is -2.45. The van der Waals surface area contributed by atoms with Gasteiger partial charge in [-0.05, 0) is 43.4 Å². The van der Waals surface area contributed by atoms with Gasteiger partial charge in [0.15, 0.2) is 0 Å². The number of piperidine rings is 1. The molecule has 1 aromatic carbocycles. The van der Waals surface area contributed by atoms with Gasteiger partial charge in [-0.3, -0.25) is 4.79 Å². The zero-order valence-electron chi connectivity index (χ0n) is 18.9. The number of aromatic nitrogens is 2. The lowest BCUT2D eigenvalue weighted by Crippen LogP contribution is -2.57. The number of methoxy groups -OCH3 is 1. The zero-order valence-corrected chi connectivity index (χ0v) is 18.9. The maximum Gasteiger partial charge on any atom is 0.274 e. The number of amides is 1. The van der Waals surface area contributed by atoms with Crippen molar-refractivity contribution in [2.75, 3.05) is 20.2 Å². The van der Waals surface area contributed by atoms with Crippen molar-refractivity contribution < 1.29 is 18.3 Å². The van der Waals surface area contributed by atoms with Crippen molar-refractivity contribution in [1.82, 2.24) is 19.6 Å². The van der Waals surface area contributed by atoms with Crippen molar-refractivity contribution in [3.8, 4) is 0 Å². The lowest BCUT2D eigenvalue weighted by atomic mass is 9.78. The molecular weight excluding hydrogens is 426 g/mol. The number of ether oxygens (including phenoxy) is 1.